The molecule has 1 fully saturated rings. The highest BCUT2D eigenvalue weighted by Gasteiger charge is 2.20. The maximum Gasteiger partial charge on any atom is 0.0703 e. The van der Waals surface area contributed by atoms with Gasteiger partial charge in [-0.3, -0.25) is 4.98 Å². The summed E-state index contributed by atoms with van der Waals surface area (Å²) in [6, 6.07) is 11.3. The second-order valence-electron chi connectivity index (χ2n) is 5.98. The van der Waals surface area contributed by atoms with E-state index in [1.54, 1.807) is 0 Å². The van der Waals surface area contributed by atoms with Crippen molar-refractivity contribution in [2.45, 2.75) is 26.3 Å². The molecule has 3 rings (SSSR count). The summed E-state index contributed by atoms with van der Waals surface area (Å²) in [5.41, 5.74) is 2.39. The van der Waals surface area contributed by atoms with Crippen molar-refractivity contribution >= 4 is 16.6 Å². The van der Waals surface area contributed by atoms with Crippen LogP contribution in [0.25, 0.3) is 10.9 Å². The average molecular weight is 269 g/mol. The van der Waals surface area contributed by atoms with Gasteiger partial charge in [0.1, 0.15) is 0 Å². The Morgan fingerprint density at radius 3 is 3.05 bits per heavy atom. The molecule has 106 valence electrons. The van der Waals surface area contributed by atoms with Crippen molar-refractivity contribution in [3.8, 4) is 0 Å². The van der Waals surface area contributed by atoms with Crippen LogP contribution < -0.4 is 10.2 Å². The van der Waals surface area contributed by atoms with Crippen LogP contribution in [0.2, 0.25) is 0 Å². The van der Waals surface area contributed by atoms with Crippen molar-refractivity contribution in [1.29, 1.82) is 0 Å². The topological polar surface area (TPSA) is 28.2 Å². The lowest BCUT2D eigenvalue weighted by atomic mass is 10.0. The van der Waals surface area contributed by atoms with Gasteiger partial charge in [-0.2, -0.15) is 0 Å². The van der Waals surface area contributed by atoms with Gasteiger partial charge < -0.3 is 10.2 Å². The molecule has 0 aliphatic carbocycles. The minimum atomic E-state index is 0.571. The highest BCUT2D eigenvalue weighted by atomic mass is 15.2. The number of nitrogens with zero attached hydrogens (tertiary/aromatic N) is 2. The molecule has 1 aromatic carbocycles. The largest absolute Gasteiger partial charge is 0.370 e. The molecule has 1 saturated heterocycles. The lowest BCUT2D eigenvalue weighted by molar-refractivity contribution is 0.420. The molecule has 2 aromatic rings. The summed E-state index contributed by atoms with van der Waals surface area (Å²) in [6.07, 6.45) is 3.06. The first-order valence-electron chi connectivity index (χ1n) is 7.57. The Labute approximate surface area is 121 Å². The zero-order valence-corrected chi connectivity index (χ0v) is 12.3. The van der Waals surface area contributed by atoms with E-state index in [9.17, 15) is 0 Å². The van der Waals surface area contributed by atoms with Crippen molar-refractivity contribution < 1.29 is 0 Å². The molecular weight excluding hydrogens is 246 g/mol. The van der Waals surface area contributed by atoms with Crippen LogP contribution in [0.1, 0.15) is 20.3 Å². The molecule has 1 aliphatic heterocycles. The first-order chi connectivity index (χ1) is 9.74. The number of benzene rings is 1. The lowest BCUT2D eigenvalue weighted by Crippen LogP contribution is -2.41. The third-order valence-electron chi connectivity index (χ3n) is 4.18. The van der Waals surface area contributed by atoms with Gasteiger partial charge in [-0.1, -0.05) is 19.9 Å². The van der Waals surface area contributed by atoms with Crippen LogP contribution in [0.15, 0.2) is 36.5 Å². The normalized spacial score (nSPS) is 20.4. The van der Waals surface area contributed by atoms with Gasteiger partial charge in [0.25, 0.3) is 0 Å². The number of hydrogen-bond donors (Lipinski definition) is 1. The Morgan fingerprint density at radius 1 is 1.30 bits per heavy atom. The first kappa shape index (κ1) is 13.4. The van der Waals surface area contributed by atoms with Gasteiger partial charge in [-0.05, 0) is 43.1 Å². The van der Waals surface area contributed by atoms with Crippen molar-refractivity contribution in [3.63, 3.8) is 0 Å². The smallest absolute Gasteiger partial charge is 0.0703 e. The van der Waals surface area contributed by atoms with Crippen molar-refractivity contribution in [2.75, 3.05) is 24.5 Å². The average Bonchev–Trinajstić information content (AvgIpc) is 2.73. The maximum absolute atomic E-state index is 4.40. The van der Waals surface area contributed by atoms with E-state index in [0.29, 0.717) is 12.0 Å². The third kappa shape index (κ3) is 2.78. The number of aromatic nitrogens is 1. The summed E-state index contributed by atoms with van der Waals surface area (Å²) >= 11 is 0. The molecule has 3 heteroatoms. The second-order valence-corrected chi connectivity index (χ2v) is 5.98. The number of hydrogen-bond acceptors (Lipinski definition) is 3. The quantitative estimate of drug-likeness (QED) is 0.908. The van der Waals surface area contributed by atoms with Crippen molar-refractivity contribution in [1.82, 2.24) is 10.3 Å². The van der Waals surface area contributed by atoms with E-state index in [1.165, 1.54) is 17.5 Å². The summed E-state index contributed by atoms with van der Waals surface area (Å²) < 4.78 is 0. The van der Waals surface area contributed by atoms with Crippen LogP contribution in [0.5, 0.6) is 0 Å². The van der Waals surface area contributed by atoms with Gasteiger partial charge in [-0.15, -0.1) is 0 Å². The van der Waals surface area contributed by atoms with E-state index >= 15 is 0 Å². The summed E-state index contributed by atoms with van der Waals surface area (Å²) in [7, 11) is 0. The fourth-order valence-corrected chi connectivity index (χ4v) is 2.89. The van der Waals surface area contributed by atoms with E-state index in [0.717, 1.165) is 25.2 Å². The Hall–Kier alpha value is -1.61. The number of nitrogens with one attached hydrogen (secondary N) is 1. The first-order valence-corrected chi connectivity index (χ1v) is 7.57. The molecule has 0 amide bonds. The molecule has 1 atom stereocenters. The van der Waals surface area contributed by atoms with Gasteiger partial charge in [0.15, 0.2) is 0 Å². The van der Waals surface area contributed by atoms with Gasteiger partial charge in [-0.25, -0.2) is 0 Å². The zero-order chi connectivity index (χ0) is 13.9. The molecule has 1 aromatic heterocycles. The SMILES string of the molecule is CC(C)C1CN(c2ccc3ncccc3c2)CCCN1. The molecular formula is C17H23N3. The summed E-state index contributed by atoms with van der Waals surface area (Å²) in [5.74, 6) is 0.665. The van der Waals surface area contributed by atoms with E-state index < -0.39 is 0 Å². The van der Waals surface area contributed by atoms with Crippen molar-refractivity contribution in [3.05, 3.63) is 36.5 Å². The molecule has 1 aliphatic rings. The maximum atomic E-state index is 4.40. The molecule has 0 bridgehead atoms. The monoisotopic (exact) mass is 269 g/mol. The fourth-order valence-electron chi connectivity index (χ4n) is 2.89. The predicted molar refractivity (Wildman–Crippen MR) is 85.2 cm³/mol. The minimum Gasteiger partial charge on any atom is -0.370 e. The van der Waals surface area contributed by atoms with E-state index in [-0.39, 0.29) is 0 Å². The molecule has 0 saturated carbocycles. The van der Waals surface area contributed by atoms with Crippen molar-refractivity contribution in [2.24, 2.45) is 5.92 Å². The number of anilines is 1. The molecule has 0 radical (unpaired) electrons. The van der Waals surface area contributed by atoms with Gasteiger partial charge in [0, 0.05) is 36.4 Å². The second kappa shape index (κ2) is 5.80. The summed E-state index contributed by atoms with van der Waals surface area (Å²) in [4.78, 5) is 6.91. The molecule has 2 heterocycles. The van der Waals surface area contributed by atoms with Crippen LogP contribution >= 0.6 is 0 Å². The molecule has 20 heavy (non-hydrogen) atoms. The minimum absolute atomic E-state index is 0.571. The predicted octanol–water partition coefficient (Wildman–Crippen LogP) is 3.06. The van der Waals surface area contributed by atoms with Crippen LogP contribution in [-0.2, 0) is 0 Å². The summed E-state index contributed by atoms with van der Waals surface area (Å²) in [6.45, 7) is 7.93. The number of pyridine rings is 1. The highest BCUT2D eigenvalue weighted by molar-refractivity contribution is 5.82. The van der Waals surface area contributed by atoms with E-state index in [2.05, 4.69) is 53.3 Å². The molecule has 0 spiro atoms. The zero-order valence-electron chi connectivity index (χ0n) is 12.3. The Bertz CT molecular complexity index is 579. The van der Waals surface area contributed by atoms with Crippen LogP contribution in [0, 0.1) is 5.92 Å². The standard InChI is InChI=1S/C17H23N3/c1-13(2)17-12-20(10-4-9-19-17)15-6-7-16-14(11-15)5-3-8-18-16/h3,5-8,11,13,17,19H,4,9-10,12H2,1-2H3. The van der Waals surface area contributed by atoms with Crippen LogP contribution in [0.4, 0.5) is 5.69 Å². The lowest BCUT2D eigenvalue weighted by Gasteiger charge is -2.28. The van der Waals surface area contributed by atoms with Gasteiger partial charge in [0.2, 0.25) is 0 Å². The van der Waals surface area contributed by atoms with Crippen LogP contribution in [-0.4, -0.2) is 30.7 Å². The fraction of sp³-hybridized carbons (Fsp3) is 0.471. The van der Waals surface area contributed by atoms with Gasteiger partial charge in [0.05, 0.1) is 5.52 Å². The van der Waals surface area contributed by atoms with E-state index in [4.69, 9.17) is 0 Å². The van der Waals surface area contributed by atoms with E-state index in [1.807, 2.05) is 12.3 Å². The molecule has 3 nitrogen and oxygen atoms in total. The highest BCUT2D eigenvalue weighted by Crippen LogP contribution is 2.23. The number of rotatable bonds is 2. The molecule has 1 N–H and O–H groups in total. The Balaban J connectivity index is 1.88. The number of fused-ring (bicyclic) bond motifs is 1. The van der Waals surface area contributed by atoms with Crippen LogP contribution in [0.3, 0.4) is 0 Å². The summed E-state index contributed by atoms with van der Waals surface area (Å²) in [5, 5.41) is 4.89. The third-order valence-corrected chi connectivity index (χ3v) is 4.18. The molecule has 1 unspecified atom stereocenters. The Kier molecular flexibility index (Phi) is 3.88. The van der Waals surface area contributed by atoms with Gasteiger partial charge >= 0.3 is 0 Å². The Morgan fingerprint density at radius 2 is 2.20 bits per heavy atom.